The normalized spacial score (nSPS) is 12.6. The highest BCUT2D eigenvalue weighted by atomic mass is 16.5. The van der Waals surface area contributed by atoms with E-state index in [4.69, 9.17) is 9.47 Å². The summed E-state index contributed by atoms with van der Waals surface area (Å²) in [6, 6.07) is 68.1. The van der Waals surface area contributed by atoms with Gasteiger partial charge < -0.3 is 9.47 Å². The molecule has 254 valence electrons. The fraction of sp³-hybridized carbons (Fsp3) is 0. The summed E-state index contributed by atoms with van der Waals surface area (Å²) >= 11 is 0. The Labute approximate surface area is 318 Å². The van der Waals surface area contributed by atoms with Crippen LogP contribution in [0, 0.1) is 0 Å². The van der Waals surface area contributed by atoms with Crippen molar-refractivity contribution in [2.45, 2.75) is 0 Å². The molecule has 2 aliphatic rings. The molecule has 0 aliphatic carbocycles. The zero-order valence-corrected chi connectivity index (χ0v) is 29.8. The van der Waals surface area contributed by atoms with E-state index in [1.165, 1.54) is 70.9 Å². The van der Waals surface area contributed by atoms with E-state index < -0.39 is 0 Å². The molecule has 0 aromatic heterocycles. The maximum atomic E-state index is 6.59. The molecular formula is C52H31BO2. The Morgan fingerprint density at radius 1 is 0.309 bits per heavy atom. The van der Waals surface area contributed by atoms with Crippen LogP contribution in [0.5, 0.6) is 23.0 Å². The summed E-state index contributed by atoms with van der Waals surface area (Å²) in [5, 5.41) is 10.0. The van der Waals surface area contributed by atoms with Crippen molar-refractivity contribution in [2.24, 2.45) is 0 Å². The van der Waals surface area contributed by atoms with Crippen LogP contribution in [0.25, 0.3) is 76.5 Å². The topological polar surface area (TPSA) is 18.5 Å². The molecule has 0 saturated heterocycles. The van der Waals surface area contributed by atoms with Crippen LogP contribution >= 0.6 is 0 Å². The van der Waals surface area contributed by atoms with Gasteiger partial charge >= 0.3 is 0 Å². The van der Waals surface area contributed by atoms with Crippen LogP contribution in [-0.4, -0.2) is 6.71 Å². The smallest absolute Gasteiger partial charge is 0.260 e. The van der Waals surface area contributed by atoms with Gasteiger partial charge in [0.1, 0.15) is 23.0 Å². The molecule has 12 rings (SSSR count). The summed E-state index contributed by atoms with van der Waals surface area (Å²) < 4.78 is 13.0. The fourth-order valence-electron chi connectivity index (χ4n) is 9.47. The van der Waals surface area contributed by atoms with Gasteiger partial charge in [-0.05, 0) is 118 Å². The largest absolute Gasteiger partial charge is 0.458 e. The van der Waals surface area contributed by atoms with Crippen molar-refractivity contribution in [1.29, 1.82) is 0 Å². The Hall–Kier alpha value is -7.10. The minimum atomic E-state index is 0.00438. The maximum absolute atomic E-state index is 6.59. The van der Waals surface area contributed by atoms with E-state index in [9.17, 15) is 0 Å². The van der Waals surface area contributed by atoms with Crippen molar-refractivity contribution in [2.75, 3.05) is 0 Å². The molecule has 0 spiro atoms. The highest BCUT2D eigenvalue weighted by molar-refractivity contribution is 6.98. The van der Waals surface area contributed by atoms with Gasteiger partial charge in [-0.3, -0.25) is 0 Å². The van der Waals surface area contributed by atoms with Gasteiger partial charge in [-0.15, -0.1) is 0 Å². The monoisotopic (exact) mass is 698 g/mol. The minimum Gasteiger partial charge on any atom is -0.458 e. The van der Waals surface area contributed by atoms with Gasteiger partial charge in [0.2, 0.25) is 0 Å². The molecular weight excluding hydrogens is 667 g/mol. The van der Waals surface area contributed by atoms with Crippen molar-refractivity contribution in [3.63, 3.8) is 0 Å². The van der Waals surface area contributed by atoms with E-state index in [-0.39, 0.29) is 6.71 Å². The summed E-state index contributed by atoms with van der Waals surface area (Å²) in [5.74, 6) is 3.49. The van der Waals surface area contributed by atoms with Crippen LogP contribution in [0.1, 0.15) is 0 Å². The molecule has 2 heterocycles. The van der Waals surface area contributed by atoms with Crippen molar-refractivity contribution in [1.82, 2.24) is 0 Å². The Morgan fingerprint density at radius 2 is 0.818 bits per heavy atom. The van der Waals surface area contributed by atoms with Gasteiger partial charge in [0.05, 0.1) is 0 Å². The minimum absolute atomic E-state index is 0.00438. The van der Waals surface area contributed by atoms with Crippen molar-refractivity contribution in [3.05, 3.63) is 188 Å². The lowest BCUT2D eigenvalue weighted by Gasteiger charge is -2.33. The predicted molar refractivity (Wildman–Crippen MR) is 230 cm³/mol. The Kier molecular flexibility index (Phi) is 6.46. The van der Waals surface area contributed by atoms with E-state index in [2.05, 4.69) is 176 Å². The maximum Gasteiger partial charge on any atom is 0.260 e. The Morgan fingerprint density at radius 3 is 1.53 bits per heavy atom. The first-order valence-electron chi connectivity index (χ1n) is 19.0. The van der Waals surface area contributed by atoms with Gasteiger partial charge in [-0.2, -0.15) is 0 Å². The third-order valence-electron chi connectivity index (χ3n) is 11.8. The standard InChI is InChI=1S/C52H31BO2/c1-2-15-34-32(14-1)30-43(37-18-5-4-17-36(34)37)51-41-22-9-7-20-39(41)50(40-21-8-10-23-42(40)51)38-19-6-3-16-35(38)33-28-29-47-45(31-33)53-44-24-11-12-25-46(44)54-48-26-13-27-49(55-47)52(48)53/h1-31H. The first-order chi connectivity index (χ1) is 27.3. The van der Waals surface area contributed by atoms with Gasteiger partial charge in [-0.25, -0.2) is 0 Å². The molecule has 3 heteroatoms. The molecule has 0 atom stereocenters. The summed E-state index contributed by atoms with van der Waals surface area (Å²) in [6.45, 7) is 0.00438. The average molecular weight is 699 g/mol. The molecule has 2 aliphatic heterocycles. The van der Waals surface area contributed by atoms with Crippen LogP contribution in [-0.2, 0) is 0 Å². The number of ether oxygens (including phenoxy) is 2. The quantitative estimate of drug-likeness (QED) is 0.104. The van der Waals surface area contributed by atoms with Crippen LogP contribution in [0.2, 0.25) is 0 Å². The molecule has 10 aromatic carbocycles. The zero-order chi connectivity index (χ0) is 36.0. The SMILES string of the molecule is c1ccc2c(c1)Oc1cccc3c1B2c1cc(-c2ccccc2-c2c4ccccc4c(-c4cc5ccccc5c5ccccc45)c4ccccc24)ccc1O3. The molecule has 0 amide bonds. The van der Waals surface area contributed by atoms with E-state index in [1.807, 2.05) is 12.1 Å². The molecule has 0 radical (unpaired) electrons. The van der Waals surface area contributed by atoms with Gasteiger partial charge in [-0.1, -0.05) is 158 Å². The Balaban J connectivity index is 1.11. The molecule has 10 aromatic rings. The lowest BCUT2D eigenvalue weighted by atomic mass is 9.35. The van der Waals surface area contributed by atoms with Crippen molar-refractivity contribution >= 4 is 66.2 Å². The molecule has 0 saturated carbocycles. The number of hydrogen-bond acceptors (Lipinski definition) is 2. The Bertz CT molecular complexity index is 3160. The number of rotatable bonds is 3. The lowest BCUT2D eigenvalue weighted by Crippen LogP contribution is -2.57. The number of hydrogen-bond donors (Lipinski definition) is 0. The summed E-state index contributed by atoms with van der Waals surface area (Å²) in [6.07, 6.45) is 0. The van der Waals surface area contributed by atoms with Crippen molar-refractivity contribution < 1.29 is 9.47 Å². The van der Waals surface area contributed by atoms with E-state index in [0.29, 0.717) is 0 Å². The molecule has 55 heavy (non-hydrogen) atoms. The first-order valence-corrected chi connectivity index (χ1v) is 19.0. The molecule has 0 bridgehead atoms. The number of benzene rings is 10. The second-order valence-electron chi connectivity index (χ2n) is 14.7. The number of fused-ring (bicyclic) bond motifs is 9. The van der Waals surface area contributed by atoms with E-state index >= 15 is 0 Å². The zero-order valence-electron chi connectivity index (χ0n) is 29.8. The second kappa shape index (κ2) is 11.7. The molecule has 2 nitrogen and oxygen atoms in total. The highest BCUT2D eigenvalue weighted by Crippen LogP contribution is 2.48. The molecule has 0 fully saturated rings. The van der Waals surface area contributed by atoms with Crippen LogP contribution in [0.15, 0.2) is 188 Å². The molecule has 0 unspecified atom stereocenters. The van der Waals surface area contributed by atoms with Crippen LogP contribution < -0.4 is 25.9 Å². The fourth-order valence-corrected chi connectivity index (χ4v) is 9.47. The lowest BCUT2D eigenvalue weighted by molar-refractivity contribution is 0.464. The predicted octanol–water partition coefficient (Wildman–Crippen LogP) is 12.0. The third kappa shape index (κ3) is 4.44. The summed E-state index contributed by atoms with van der Waals surface area (Å²) in [7, 11) is 0. The first kappa shape index (κ1) is 30.4. The van der Waals surface area contributed by atoms with E-state index in [1.54, 1.807) is 0 Å². The molecule has 0 N–H and O–H groups in total. The number of para-hydroxylation sites is 1. The summed E-state index contributed by atoms with van der Waals surface area (Å²) in [5.41, 5.74) is 10.7. The van der Waals surface area contributed by atoms with Crippen LogP contribution in [0.4, 0.5) is 0 Å². The second-order valence-corrected chi connectivity index (χ2v) is 14.7. The van der Waals surface area contributed by atoms with Gasteiger partial charge in [0.25, 0.3) is 6.71 Å². The van der Waals surface area contributed by atoms with E-state index in [0.717, 1.165) is 44.9 Å². The van der Waals surface area contributed by atoms with Crippen LogP contribution in [0.3, 0.4) is 0 Å². The van der Waals surface area contributed by atoms with Gasteiger partial charge in [0, 0.05) is 5.46 Å². The highest BCUT2D eigenvalue weighted by Gasteiger charge is 2.40. The third-order valence-corrected chi connectivity index (χ3v) is 11.8. The van der Waals surface area contributed by atoms with Gasteiger partial charge in [0.15, 0.2) is 0 Å². The average Bonchev–Trinajstić information content (AvgIpc) is 3.25. The van der Waals surface area contributed by atoms with Crippen molar-refractivity contribution in [3.8, 4) is 56.4 Å². The summed E-state index contributed by atoms with van der Waals surface area (Å²) in [4.78, 5) is 0.